The summed E-state index contributed by atoms with van der Waals surface area (Å²) in [4.78, 5) is 0. The molecule has 0 fully saturated rings. The fourth-order valence-corrected chi connectivity index (χ4v) is 2.16. The Kier molecular flexibility index (Phi) is 5.00. The molecule has 0 N–H and O–H groups in total. The summed E-state index contributed by atoms with van der Waals surface area (Å²) in [5.41, 5.74) is 0.209. The van der Waals surface area contributed by atoms with Crippen LogP contribution in [0.2, 0.25) is 5.02 Å². The number of hydrogen-bond donors (Lipinski definition) is 1. The predicted molar refractivity (Wildman–Crippen MR) is 73.7 cm³/mol. The van der Waals surface area contributed by atoms with Gasteiger partial charge in [0, 0.05) is 10.9 Å². The van der Waals surface area contributed by atoms with Crippen molar-refractivity contribution in [1.82, 2.24) is 0 Å². The third kappa shape index (κ3) is 4.26. The molecule has 1 unspecified atom stereocenters. The van der Waals surface area contributed by atoms with E-state index in [1.54, 1.807) is 0 Å². The van der Waals surface area contributed by atoms with Crippen LogP contribution in [-0.4, -0.2) is 12.4 Å². The van der Waals surface area contributed by atoms with Crippen LogP contribution in [0.15, 0.2) is 24.3 Å². The zero-order chi connectivity index (χ0) is 12.2. The van der Waals surface area contributed by atoms with Crippen molar-refractivity contribution in [3.63, 3.8) is 0 Å². The Bertz CT molecular complexity index is 333. The maximum atomic E-state index is 5.89. The van der Waals surface area contributed by atoms with Crippen LogP contribution in [-0.2, 0) is 0 Å². The van der Waals surface area contributed by atoms with Gasteiger partial charge in [-0.2, -0.15) is 12.6 Å². The van der Waals surface area contributed by atoms with Crippen LogP contribution in [0.3, 0.4) is 0 Å². The molecule has 0 saturated carbocycles. The van der Waals surface area contributed by atoms with E-state index in [0.29, 0.717) is 17.5 Å². The minimum Gasteiger partial charge on any atom is -0.493 e. The van der Waals surface area contributed by atoms with Crippen molar-refractivity contribution in [3.05, 3.63) is 29.3 Å². The van der Waals surface area contributed by atoms with E-state index in [0.717, 1.165) is 11.5 Å². The van der Waals surface area contributed by atoms with Gasteiger partial charge in [0.25, 0.3) is 0 Å². The van der Waals surface area contributed by atoms with Crippen molar-refractivity contribution in [2.24, 2.45) is 11.3 Å². The van der Waals surface area contributed by atoms with Gasteiger partial charge in [0.05, 0.1) is 6.61 Å². The molecule has 0 spiro atoms. The summed E-state index contributed by atoms with van der Waals surface area (Å²) in [5, 5.41) is 0.704. The lowest BCUT2D eigenvalue weighted by Gasteiger charge is -2.29. The highest BCUT2D eigenvalue weighted by molar-refractivity contribution is 7.80. The summed E-state index contributed by atoms with van der Waals surface area (Å²) < 4.78 is 5.73. The predicted octanol–water partition coefficient (Wildman–Crippen LogP) is 4.31. The molecule has 0 aromatic heterocycles. The Balaban J connectivity index is 2.56. The Hall–Kier alpha value is -0.340. The van der Waals surface area contributed by atoms with Gasteiger partial charge in [0.1, 0.15) is 5.75 Å². The molecular weight excluding hydrogens is 240 g/mol. The van der Waals surface area contributed by atoms with Crippen molar-refractivity contribution in [2.75, 3.05) is 12.4 Å². The van der Waals surface area contributed by atoms with Crippen LogP contribution < -0.4 is 4.74 Å². The molecule has 90 valence electrons. The maximum absolute atomic E-state index is 5.89. The number of halogens is 1. The molecular formula is C13H19ClOS. The van der Waals surface area contributed by atoms with Gasteiger partial charge in [-0.05, 0) is 29.4 Å². The van der Waals surface area contributed by atoms with Crippen molar-refractivity contribution in [2.45, 2.75) is 20.8 Å². The third-order valence-electron chi connectivity index (χ3n) is 2.69. The van der Waals surface area contributed by atoms with Crippen LogP contribution in [0.4, 0.5) is 0 Å². The van der Waals surface area contributed by atoms with Gasteiger partial charge in [0.2, 0.25) is 0 Å². The molecule has 16 heavy (non-hydrogen) atoms. The van der Waals surface area contributed by atoms with Gasteiger partial charge in [-0.1, -0.05) is 38.4 Å². The lowest BCUT2D eigenvalue weighted by molar-refractivity contribution is 0.165. The summed E-state index contributed by atoms with van der Waals surface area (Å²) in [5.74, 6) is 2.07. The average molecular weight is 259 g/mol. The van der Waals surface area contributed by atoms with E-state index in [2.05, 4.69) is 33.4 Å². The summed E-state index contributed by atoms with van der Waals surface area (Å²) >= 11 is 10.3. The number of thiol groups is 1. The topological polar surface area (TPSA) is 9.23 Å². The molecule has 0 saturated heterocycles. The van der Waals surface area contributed by atoms with Gasteiger partial charge in [-0.15, -0.1) is 0 Å². The number of ether oxygens (including phenoxy) is 1. The molecule has 1 aromatic rings. The second-order valence-electron chi connectivity index (χ2n) is 5.01. The molecule has 1 aromatic carbocycles. The summed E-state index contributed by atoms with van der Waals surface area (Å²) in [6.45, 7) is 7.28. The van der Waals surface area contributed by atoms with E-state index in [1.807, 2.05) is 24.3 Å². The minimum atomic E-state index is 0.209. The molecule has 0 amide bonds. The second kappa shape index (κ2) is 5.83. The first-order chi connectivity index (χ1) is 7.43. The van der Waals surface area contributed by atoms with E-state index in [4.69, 9.17) is 16.3 Å². The fourth-order valence-electron chi connectivity index (χ4n) is 1.33. The number of rotatable bonds is 4. The Morgan fingerprint density at radius 1 is 1.38 bits per heavy atom. The SMILES string of the molecule is CC(C)(C)C(CS)COc1cccc(Cl)c1. The first kappa shape index (κ1) is 13.7. The molecule has 0 radical (unpaired) electrons. The molecule has 0 aliphatic carbocycles. The third-order valence-corrected chi connectivity index (χ3v) is 3.37. The quantitative estimate of drug-likeness (QED) is 0.792. The van der Waals surface area contributed by atoms with Gasteiger partial charge >= 0.3 is 0 Å². The molecule has 0 bridgehead atoms. The molecule has 1 atom stereocenters. The Morgan fingerprint density at radius 2 is 2.06 bits per heavy atom. The summed E-state index contributed by atoms with van der Waals surface area (Å²) in [6, 6.07) is 7.49. The van der Waals surface area contributed by atoms with E-state index < -0.39 is 0 Å². The largest absolute Gasteiger partial charge is 0.493 e. The highest BCUT2D eigenvalue weighted by Crippen LogP contribution is 2.28. The Labute approximate surface area is 109 Å². The molecule has 0 aliphatic rings. The van der Waals surface area contributed by atoms with Crippen molar-refractivity contribution < 1.29 is 4.74 Å². The van der Waals surface area contributed by atoms with Gasteiger partial charge in [-0.3, -0.25) is 0 Å². The first-order valence-corrected chi connectivity index (χ1v) is 6.43. The van der Waals surface area contributed by atoms with Crippen molar-refractivity contribution in [3.8, 4) is 5.75 Å². The highest BCUT2D eigenvalue weighted by Gasteiger charge is 2.23. The van der Waals surface area contributed by atoms with Crippen molar-refractivity contribution >= 4 is 24.2 Å². The summed E-state index contributed by atoms with van der Waals surface area (Å²) in [7, 11) is 0. The van der Waals surface area contributed by atoms with Crippen LogP contribution >= 0.6 is 24.2 Å². The smallest absolute Gasteiger partial charge is 0.120 e. The van der Waals surface area contributed by atoms with Gasteiger partial charge in [0.15, 0.2) is 0 Å². The van der Waals surface area contributed by atoms with Crippen LogP contribution in [0.5, 0.6) is 5.75 Å². The van der Waals surface area contributed by atoms with E-state index in [-0.39, 0.29) is 5.41 Å². The zero-order valence-corrected chi connectivity index (χ0v) is 11.7. The standard InChI is InChI=1S/C13H19ClOS/c1-13(2,3)10(9-16)8-15-12-6-4-5-11(14)7-12/h4-7,10,16H,8-9H2,1-3H3. The first-order valence-electron chi connectivity index (χ1n) is 5.42. The van der Waals surface area contributed by atoms with Crippen LogP contribution in [0.1, 0.15) is 20.8 Å². The minimum absolute atomic E-state index is 0.209. The lowest BCUT2D eigenvalue weighted by Crippen LogP contribution is -2.28. The molecule has 1 nitrogen and oxygen atoms in total. The maximum Gasteiger partial charge on any atom is 0.120 e. The number of hydrogen-bond acceptors (Lipinski definition) is 2. The van der Waals surface area contributed by atoms with E-state index in [1.165, 1.54) is 0 Å². The zero-order valence-electron chi connectivity index (χ0n) is 10.0. The Morgan fingerprint density at radius 3 is 2.56 bits per heavy atom. The normalized spacial score (nSPS) is 13.6. The molecule has 3 heteroatoms. The van der Waals surface area contributed by atoms with E-state index in [9.17, 15) is 0 Å². The van der Waals surface area contributed by atoms with Gasteiger partial charge < -0.3 is 4.74 Å². The molecule has 1 rings (SSSR count). The van der Waals surface area contributed by atoms with Crippen LogP contribution in [0.25, 0.3) is 0 Å². The second-order valence-corrected chi connectivity index (χ2v) is 5.82. The average Bonchev–Trinajstić information content (AvgIpc) is 2.16. The van der Waals surface area contributed by atoms with Gasteiger partial charge in [-0.25, -0.2) is 0 Å². The number of benzene rings is 1. The van der Waals surface area contributed by atoms with Crippen molar-refractivity contribution in [1.29, 1.82) is 0 Å². The monoisotopic (exact) mass is 258 g/mol. The highest BCUT2D eigenvalue weighted by atomic mass is 35.5. The molecule has 0 aliphatic heterocycles. The summed E-state index contributed by atoms with van der Waals surface area (Å²) in [6.07, 6.45) is 0. The fraction of sp³-hybridized carbons (Fsp3) is 0.538. The van der Waals surface area contributed by atoms with E-state index >= 15 is 0 Å². The lowest BCUT2D eigenvalue weighted by atomic mass is 9.82. The molecule has 0 heterocycles. The van der Waals surface area contributed by atoms with Crippen LogP contribution in [0, 0.1) is 11.3 Å².